The van der Waals surface area contributed by atoms with Crippen molar-refractivity contribution < 1.29 is 4.74 Å². The number of aliphatic imine (C=N–C) groups is 1. The van der Waals surface area contributed by atoms with Crippen LogP contribution in [0.3, 0.4) is 0 Å². The molecule has 0 amide bonds. The number of nitrogens with zero attached hydrogens (tertiary/aromatic N) is 2. The number of rotatable bonds is 6. The lowest BCUT2D eigenvalue weighted by Gasteiger charge is -2.34. The highest BCUT2D eigenvalue weighted by atomic mass is 35.5. The largest absolute Gasteiger partial charge is 0.379 e. The molecule has 1 aromatic carbocycles. The van der Waals surface area contributed by atoms with Gasteiger partial charge in [0.2, 0.25) is 0 Å². The zero-order valence-corrected chi connectivity index (χ0v) is 14.4. The van der Waals surface area contributed by atoms with Crippen molar-refractivity contribution in [2.45, 2.75) is 13.0 Å². The van der Waals surface area contributed by atoms with Gasteiger partial charge in [-0.25, -0.2) is 0 Å². The third kappa shape index (κ3) is 5.86. The third-order valence-electron chi connectivity index (χ3n) is 3.73. The summed E-state index contributed by atoms with van der Waals surface area (Å²) in [6.07, 6.45) is 0. The predicted octanol–water partition coefficient (Wildman–Crippen LogP) is 2.19. The number of ether oxygens (including phenoxy) is 1. The maximum absolute atomic E-state index is 6.15. The molecule has 3 N–H and O–H groups in total. The van der Waals surface area contributed by atoms with Crippen molar-refractivity contribution in [3.05, 3.63) is 47.0 Å². The van der Waals surface area contributed by atoms with Crippen molar-refractivity contribution in [2.24, 2.45) is 10.7 Å². The highest BCUT2D eigenvalue weighted by molar-refractivity contribution is 6.30. The summed E-state index contributed by atoms with van der Waals surface area (Å²) in [5.74, 6) is 0.438. The molecule has 2 rings (SSSR count). The molecule has 1 aliphatic heterocycles. The van der Waals surface area contributed by atoms with Crippen LogP contribution in [0.25, 0.3) is 0 Å². The van der Waals surface area contributed by atoms with Gasteiger partial charge >= 0.3 is 0 Å². The van der Waals surface area contributed by atoms with Gasteiger partial charge in [0.25, 0.3) is 0 Å². The Labute approximate surface area is 143 Å². The number of halogens is 1. The molecule has 1 fully saturated rings. The minimum absolute atomic E-state index is 0.141. The topological polar surface area (TPSA) is 62.9 Å². The molecule has 126 valence electrons. The van der Waals surface area contributed by atoms with E-state index in [0.29, 0.717) is 19.0 Å². The van der Waals surface area contributed by atoms with Crippen LogP contribution in [-0.2, 0) is 4.74 Å². The van der Waals surface area contributed by atoms with Crippen LogP contribution in [0.1, 0.15) is 18.5 Å². The fourth-order valence-corrected chi connectivity index (χ4v) is 2.72. The van der Waals surface area contributed by atoms with Gasteiger partial charge in [0.1, 0.15) is 0 Å². The second kappa shape index (κ2) is 8.91. The molecule has 1 heterocycles. The van der Waals surface area contributed by atoms with Gasteiger partial charge in [0.05, 0.1) is 25.8 Å². The summed E-state index contributed by atoms with van der Waals surface area (Å²) in [7, 11) is 0. The molecule has 0 aliphatic carbocycles. The average Bonchev–Trinajstić information content (AvgIpc) is 2.54. The lowest BCUT2D eigenvalue weighted by Crippen LogP contribution is -2.41. The van der Waals surface area contributed by atoms with Crippen molar-refractivity contribution >= 4 is 17.6 Å². The Balaban J connectivity index is 2.10. The van der Waals surface area contributed by atoms with Crippen LogP contribution in [0.15, 0.2) is 41.4 Å². The molecule has 0 spiro atoms. The number of benzene rings is 1. The van der Waals surface area contributed by atoms with Gasteiger partial charge in [-0.3, -0.25) is 9.89 Å². The summed E-state index contributed by atoms with van der Waals surface area (Å²) in [5.41, 5.74) is 8.10. The second-order valence-corrected chi connectivity index (χ2v) is 6.19. The van der Waals surface area contributed by atoms with E-state index in [-0.39, 0.29) is 6.04 Å². The molecular formula is C17H25ClN4O. The molecule has 1 unspecified atom stereocenters. The minimum atomic E-state index is 0.141. The fraction of sp³-hybridized carbons (Fsp3) is 0.471. The third-order valence-corrected chi connectivity index (χ3v) is 3.96. The summed E-state index contributed by atoms with van der Waals surface area (Å²) in [4.78, 5) is 6.86. The van der Waals surface area contributed by atoms with Gasteiger partial charge < -0.3 is 15.8 Å². The van der Waals surface area contributed by atoms with E-state index in [9.17, 15) is 0 Å². The molecule has 1 aromatic rings. The highest BCUT2D eigenvalue weighted by Gasteiger charge is 2.22. The summed E-state index contributed by atoms with van der Waals surface area (Å²) in [6.45, 7) is 10.2. The molecule has 0 radical (unpaired) electrons. The molecule has 1 saturated heterocycles. The monoisotopic (exact) mass is 336 g/mol. The summed E-state index contributed by atoms with van der Waals surface area (Å²) in [5, 5.41) is 3.80. The zero-order chi connectivity index (χ0) is 16.7. The molecular weight excluding hydrogens is 312 g/mol. The van der Waals surface area contributed by atoms with Crippen molar-refractivity contribution in [3.8, 4) is 0 Å². The zero-order valence-electron chi connectivity index (χ0n) is 13.6. The van der Waals surface area contributed by atoms with E-state index in [1.807, 2.05) is 25.1 Å². The van der Waals surface area contributed by atoms with Crippen LogP contribution in [0.5, 0.6) is 0 Å². The molecule has 23 heavy (non-hydrogen) atoms. The van der Waals surface area contributed by atoms with Gasteiger partial charge in [0, 0.05) is 24.7 Å². The Bertz CT molecular complexity index is 555. The number of nitrogens with two attached hydrogens (primary N) is 1. The molecule has 1 aliphatic rings. The van der Waals surface area contributed by atoms with E-state index >= 15 is 0 Å². The molecule has 0 aromatic heterocycles. The number of hydrogen-bond acceptors (Lipinski definition) is 3. The van der Waals surface area contributed by atoms with E-state index < -0.39 is 0 Å². The van der Waals surface area contributed by atoms with Crippen LogP contribution in [0, 0.1) is 0 Å². The minimum Gasteiger partial charge on any atom is -0.379 e. The van der Waals surface area contributed by atoms with E-state index in [2.05, 4.69) is 27.9 Å². The first-order valence-corrected chi connectivity index (χ1v) is 8.19. The first-order chi connectivity index (χ1) is 11.1. The molecule has 6 heteroatoms. The van der Waals surface area contributed by atoms with E-state index in [1.165, 1.54) is 0 Å². The van der Waals surface area contributed by atoms with Crippen LogP contribution in [0.2, 0.25) is 5.02 Å². The number of morpholine rings is 1. The van der Waals surface area contributed by atoms with Crippen molar-refractivity contribution in [1.82, 2.24) is 10.2 Å². The van der Waals surface area contributed by atoms with Gasteiger partial charge in [-0.05, 0) is 24.6 Å². The van der Waals surface area contributed by atoms with E-state index in [0.717, 1.165) is 42.5 Å². The van der Waals surface area contributed by atoms with Crippen LogP contribution in [0.4, 0.5) is 0 Å². The van der Waals surface area contributed by atoms with Crippen LogP contribution >= 0.6 is 11.6 Å². The molecule has 0 bridgehead atoms. The van der Waals surface area contributed by atoms with Crippen LogP contribution in [-0.4, -0.2) is 50.3 Å². The first kappa shape index (κ1) is 17.8. The Hall–Kier alpha value is -1.56. The summed E-state index contributed by atoms with van der Waals surface area (Å²) < 4.78 is 5.45. The van der Waals surface area contributed by atoms with Gasteiger partial charge in [-0.15, -0.1) is 0 Å². The maximum Gasteiger partial charge on any atom is 0.188 e. The van der Waals surface area contributed by atoms with Gasteiger partial charge in [-0.2, -0.15) is 0 Å². The summed E-state index contributed by atoms with van der Waals surface area (Å²) >= 11 is 6.15. The fourth-order valence-electron chi connectivity index (χ4n) is 2.52. The Morgan fingerprint density at radius 2 is 2.22 bits per heavy atom. The van der Waals surface area contributed by atoms with Crippen molar-refractivity contribution in [1.29, 1.82) is 0 Å². The average molecular weight is 337 g/mol. The Morgan fingerprint density at radius 3 is 2.87 bits per heavy atom. The number of guanidine groups is 1. The van der Waals surface area contributed by atoms with Crippen molar-refractivity contribution in [3.63, 3.8) is 0 Å². The summed E-state index contributed by atoms with van der Waals surface area (Å²) in [6, 6.07) is 8.07. The number of hydrogen-bond donors (Lipinski definition) is 2. The molecule has 1 atom stereocenters. The van der Waals surface area contributed by atoms with Crippen molar-refractivity contribution in [2.75, 3.05) is 39.4 Å². The SMILES string of the molecule is C=C(C)CNC(N)=NCC(c1cccc(Cl)c1)N1CCOCC1. The maximum atomic E-state index is 6.15. The van der Waals surface area contributed by atoms with Gasteiger partial charge in [-0.1, -0.05) is 35.9 Å². The van der Waals surface area contributed by atoms with E-state index in [1.54, 1.807) is 0 Å². The lowest BCUT2D eigenvalue weighted by molar-refractivity contribution is 0.0180. The Morgan fingerprint density at radius 1 is 1.48 bits per heavy atom. The normalized spacial score (nSPS) is 17.7. The quantitative estimate of drug-likeness (QED) is 0.475. The first-order valence-electron chi connectivity index (χ1n) is 7.81. The number of nitrogens with one attached hydrogen (secondary N) is 1. The van der Waals surface area contributed by atoms with Crippen LogP contribution < -0.4 is 11.1 Å². The Kier molecular flexibility index (Phi) is 6.89. The smallest absolute Gasteiger partial charge is 0.188 e. The standard InChI is InChI=1S/C17H25ClN4O/c1-13(2)11-20-17(19)21-12-16(22-6-8-23-9-7-22)14-4-3-5-15(18)10-14/h3-5,10,16H,1,6-9,11-12H2,2H3,(H3,19,20,21). The predicted molar refractivity (Wildman–Crippen MR) is 95.9 cm³/mol. The molecule has 5 nitrogen and oxygen atoms in total. The van der Waals surface area contributed by atoms with E-state index in [4.69, 9.17) is 22.1 Å². The highest BCUT2D eigenvalue weighted by Crippen LogP contribution is 2.24. The van der Waals surface area contributed by atoms with Gasteiger partial charge in [0.15, 0.2) is 5.96 Å². The second-order valence-electron chi connectivity index (χ2n) is 5.76. The lowest BCUT2D eigenvalue weighted by atomic mass is 10.0. The molecule has 0 saturated carbocycles.